The van der Waals surface area contributed by atoms with Crippen molar-refractivity contribution >= 4 is 0 Å². The smallest absolute Gasteiger partial charge is 0.0124 e. The molecule has 1 heterocycles. The first-order valence-electron chi connectivity index (χ1n) is 6.65. The van der Waals surface area contributed by atoms with Crippen LogP contribution in [0.2, 0.25) is 0 Å². The lowest BCUT2D eigenvalue weighted by atomic mass is 9.95. The maximum atomic E-state index is 2.72. The van der Waals surface area contributed by atoms with Gasteiger partial charge in [0.25, 0.3) is 0 Å². The van der Waals surface area contributed by atoms with Crippen molar-refractivity contribution in [3.63, 3.8) is 0 Å². The van der Waals surface area contributed by atoms with Crippen LogP contribution in [0.1, 0.15) is 24.8 Å². The minimum Gasteiger partial charge on any atom is -0.302 e. The zero-order chi connectivity index (χ0) is 10.6. The molecular formula is C15H19N. The van der Waals surface area contributed by atoms with Crippen LogP contribution >= 0.6 is 0 Å². The summed E-state index contributed by atoms with van der Waals surface area (Å²) in [5.41, 5.74) is 2.16. The van der Waals surface area contributed by atoms with Crippen LogP contribution in [0.5, 0.6) is 0 Å². The van der Waals surface area contributed by atoms with Gasteiger partial charge in [0, 0.05) is 25.0 Å². The van der Waals surface area contributed by atoms with Gasteiger partial charge in [0.15, 0.2) is 0 Å². The fraction of sp³-hybridized carbons (Fsp3) is 0.600. The zero-order valence-electron chi connectivity index (χ0n) is 9.73. The molecule has 2 aliphatic carbocycles. The van der Waals surface area contributed by atoms with Gasteiger partial charge in [-0.3, -0.25) is 0 Å². The average molecular weight is 213 g/mol. The lowest BCUT2D eigenvalue weighted by Gasteiger charge is -2.20. The third kappa shape index (κ3) is 1.34. The Hall–Kier alpha value is -0.820. The average Bonchev–Trinajstić information content (AvgIpc) is 3.21. The van der Waals surface area contributed by atoms with Gasteiger partial charge in [0.2, 0.25) is 0 Å². The van der Waals surface area contributed by atoms with E-state index in [-0.39, 0.29) is 0 Å². The summed E-state index contributed by atoms with van der Waals surface area (Å²) in [4.78, 5) is 2.72. The second kappa shape index (κ2) is 3.10. The molecule has 3 fully saturated rings. The van der Waals surface area contributed by atoms with Crippen LogP contribution in [-0.4, -0.2) is 24.5 Å². The van der Waals surface area contributed by atoms with Crippen LogP contribution in [0.15, 0.2) is 30.3 Å². The molecule has 84 valence electrons. The van der Waals surface area contributed by atoms with E-state index in [1.165, 1.54) is 38.9 Å². The first-order chi connectivity index (χ1) is 7.87. The third-order valence-electron chi connectivity index (χ3n) is 4.78. The number of piperidine rings is 1. The third-order valence-corrected chi connectivity index (χ3v) is 4.78. The summed E-state index contributed by atoms with van der Waals surface area (Å²) in [7, 11) is 0. The van der Waals surface area contributed by atoms with Crippen molar-refractivity contribution in [2.24, 2.45) is 11.8 Å². The molecule has 0 aromatic heterocycles. The standard InChI is InChI=1S/C15H19N/c1-2-4-13(5-3-1)15-8-14(15)10-16(11-15)9-12-6-7-12/h1-5,12,14H,6-11H2. The van der Waals surface area contributed by atoms with Gasteiger partial charge < -0.3 is 4.90 Å². The van der Waals surface area contributed by atoms with E-state index < -0.39 is 0 Å². The van der Waals surface area contributed by atoms with E-state index in [1.807, 2.05) is 0 Å². The lowest BCUT2D eigenvalue weighted by molar-refractivity contribution is 0.286. The van der Waals surface area contributed by atoms with Crippen molar-refractivity contribution in [1.82, 2.24) is 4.90 Å². The number of hydrogen-bond acceptors (Lipinski definition) is 1. The maximum Gasteiger partial charge on any atom is 0.0124 e. The van der Waals surface area contributed by atoms with E-state index in [4.69, 9.17) is 0 Å². The quantitative estimate of drug-likeness (QED) is 0.746. The number of nitrogens with zero attached hydrogens (tertiary/aromatic N) is 1. The molecule has 1 aromatic rings. The minimum atomic E-state index is 0.566. The Morgan fingerprint density at radius 3 is 2.75 bits per heavy atom. The predicted octanol–water partition coefficient (Wildman–Crippen LogP) is 2.67. The zero-order valence-corrected chi connectivity index (χ0v) is 9.73. The van der Waals surface area contributed by atoms with Crippen LogP contribution in [0, 0.1) is 11.8 Å². The summed E-state index contributed by atoms with van der Waals surface area (Å²) in [6, 6.07) is 11.2. The van der Waals surface area contributed by atoms with Crippen molar-refractivity contribution in [3.05, 3.63) is 35.9 Å². The summed E-state index contributed by atoms with van der Waals surface area (Å²) in [5.74, 6) is 2.01. The lowest BCUT2D eigenvalue weighted by Crippen LogP contribution is -2.28. The summed E-state index contributed by atoms with van der Waals surface area (Å²) in [6.07, 6.45) is 4.41. The van der Waals surface area contributed by atoms with Crippen molar-refractivity contribution in [2.45, 2.75) is 24.7 Å². The van der Waals surface area contributed by atoms with Crippen molar-refractivity contribution in [1.29, 1.82) is 0 Å². The number of rotatable bonds is 3. The summed E-state index contributed by atoms with van der Waals surface area (Å²) in [6.45, 7) is 4.08. The first-order valence-corrected chi connectivity index (χ1v) is 6.65. The van der Waals surface area contributed by atoms with Crippen LogP contribution in [0.4, 0.5) is 0 Å². The van der Waals surface area contributed by atoms with E-state index in [9.17, 15) is 0 Å². The van der Waals surface area contributed by atoms with Gasteiger partial charge in [-0.1, -0.05) is 30.3 Å². The Labute approximate surface area is 97.5 Å². The second-order valence-electron chi connectivity index (χ2n) is 6.06. The largest absolute Gasteiger partial charge is 0.302 e. The topological polar surface area (TPSA) is 3.24 Å². The van der Waals surface area contributed by atoms with E-state index in [2.05, 4.69) is 35.2 Å². The predicted molar refractivity (Wildman–Crippen MR) is 65.4 cm³/mol. The Morgan fingerprint density at radius 2 is 2.00 bits per heavy atom. The van der Waals surface area contributed by atoms with Crippen molar-refractivity contribution in [3.8, 4) is 0 Å². The minimum absolute atomic E-state index is 0.566. The molecule has 16 heavy (non-hydrogen) atoms. The molecule has 3 aliphatic rings. The first kappa shape index (κ1) is 9.23. The van der Waals surface area contributed by atoms with Crippen molar-refractivity contribution in [2.75, 3.05) is 19.6 Å². The number of hydrogen-bond donors (Lipinski definition) is 0. The SMILES string of the molecule is c1ccc(C23CC2CN(CC2CC2)C3)cc1. The molecule has 1 heteroatoms. The highest BCUT2D eigenvalue weighted by Crippen LogP contribution is 2.59. The van der Waals surface area contributed by atoms with Crippen LogP contribution in [0.3, 0.4) is 0 Å². The van der Waals surface area contributed by atoms with Gasteiger partial charge in [-0.05, 0) is 36.7 Å². The molecule has 2 atom stereocenters. The van der Waals surface area contributed by atoms with E-state index >= 15 is 0 Å². The van der Waals surface area contributed by atoms with Gasteiger partial charge >= 0.3 is 0 Å². The fourth-order valence-corrected chi connectivity index (χ4v) is 3.61. The van der Waals surface area contributed by atoms with Crippen LogP contribution < -0.4 is 0 Å². The van der Waals surface area contributed by atoms with E-state index in [0.717, 1.165) is 11.8 Å². The Kier molecular flexibility index (Phi) is 1.79. The molecule has 0 bridgehead atoms. The molecule has 0 radical (unpaired) electrons. The fourth-order valence-electron chi connectivity index (χ4n) is 3.61. The molecule has 1 saturated heterocycles. The van der Waals surface area contributed by atoms with Gasteiger partial charge in [-0.25, -0.2) is 0 Å². The van der Waals surface area contributed by atoms with E-state index in [1.54, 1.807) is 5.56 Å². The molecule has 2 saturated carbocycles. The molecule has 1 aliphatic heterocycles. The second-order valence-corrected chi connectivity index (χ2v) is 6.06. The normalized spacial score (nSPS) is 37.4. The monoisotopic (exact) mass is 213 g/mol. The Bertz CT molecular complexity index is 395. The Balaban J connectivity index is 1.53. The van der Waals surface area contributed by atoms with Gasteiger partial charge in [0.05, 0.1) is 0 Å². The molecule has 2 unspecified atom stereocenters. The van der Waals surface area contributed by atoms with Gasteiger partial charge in [0.1, 0.15) is 0 Å². The van der Waals surface area contributed by atoms with Crippen LogP contribution in [-0.2, 0) is 5.41 Å². The number of benzene rings is 1. The number of fused-ring (bicyclic) bond motifs is 1. The molecule has 0 spiro atoms. The van der Waals surface area contributed by atoms with Gasteiger partial charge in [-0.15, -0.1) is 0 Å². The summed E-state index contributed by atoms with van der Waals surface area (Å²) >= 11 is 0. The number of likely N-dealkylation sites (tertiary alicyclic amines) is 1. The summed E-state index contributed by atoms with van der Waals surface area (Å²) in [5, 5.41) is 0. The molecule has 1 nitrogen and oxygen atoms in total. The Morgan fingerprint density at radius 1 is 1.19 bits per heavy atom. The molecular weight excluding hydrogens is 194 g/mol. The molecule has 1 aromatic carbocycles. The van der Waals surface area contributed by atoms with Crippen LogP contribution in [0.25, 0.3) is 0 Å². The summed E-state index contributed by atoms with van der Waals surface area (Å²) < 4.78 is 0. The maximum absolute atomic E-state index is 2.72. The molecule has 4 rings (SSSR count). The highest BCUT2D eigenvalue weighted by atomic mass is 15.2. The highest BCUT2D eigenvalue weighted by Gasteiger charge is 2.60. The molecule has 0 N–H and O–H groups in total. The highest BCUT2D eigenvalue weighted by molar-refractivity contribution is 5.36. The van der Waals surface area contributed by atoms with Gasteiger partial charge in [-0.2, -0.15) is 0 Å². The van der Waals surface area contributed by atoms with Crippen molar-refractivity contribution < 1.29 is 0 Å². The molecule has 0 amide bonds. The van der Waals surface area contributed by atoms with E-state index in [0.29, 0.717) is 5.41 Å².